The fraction of sp³-hybridized carbons (Fsp3) is 0.333. The molecule has 19 heavy (non-hydrogen) atoms. The van der Waals surface area contributed by atoms with Gasteiger partial charge in [-0.05, 0) is 43.3 Å². The third-order valence-corrected chi connectivity index (χ3v) is 3.66. The summed E-state index contributed by atoms with van der Waals surface area (Å²) in [4.78, 5) is 0. The molecule has 4 heteroatoms. The van der Waals surface area contributed by atoms with E-state index in [0.717, 1.165) is 22.4 Å². The fourth-order valence-electron chi connectivity index (χ4n) is 2.02. The van der Waals surface area contributed by atoms with Gasteiger partial charge in [0.05, 0.1) is 6.04 Å². The number of likely N-dealkylation sites (N-methyl/N-ethyl adjacent to an activating group) is 1. The van der Waals surface area contributed by atoms with Crippen molar-refractivity contribution in [2.45, 2.75) is 25.8 Å². The number of aryl methyl sites for hydroxylation is 1. The summed E-state index contributed by atoms with van der Waals surface area (Å²) in [6.07, 6.45) is 1.43. The first-order chi connectivity index (χ1) is 9.13. The van der Waals surface area contributed by atoms with Crippen molar-refractivity contribution in [3.63, 3.8) is 0 Å². The van der Waals surface area contributed by atoms with E-state index in [-0.39, 0.29) is 11.9 Å². The summed E-state index contributed by atoms with van der Waals surface area (Å²) in [5.74, 6) is 1.60. The molecule has 0 amide bonds. The standard InChI is InChI=1S/C15H17BrFNO/c1-3-12-6-7-15(19-12)14(18-2)8-10-4-5-11(16)9-13(10)17/h4-7,9,14,18H,3,8H2,1-2H3. The molecular weight excluding hydrogens is 309 g/mol. The molecule has 0 bridgehead atoms. The molecule has 102 valence electrons. The van der Waals surface area contributed by atoms with E-state index in [9.17, 15) is 4.39 Å². The van der Waals surface area contributed by atoms with Crippen LogP contribution in [-0.2, 0) is 12.8 Å². The molecule has 2 nitrogen and oxygen atoms in total. The largest absolute Gasteiger partial charge is 0.464 e. The van der Waals surface area contributed by atoms with Gasteiger partial charge in [0.1, 0.15) is 17.3 Å². The van der Waals surface area contributed by atoms with Crippen molar-refractivity contribution in [2.24, 2.45) is 0 Å². The SMILES string of the molecule is CCc1ccc(C(Cc2ccc(Br)cc2F)NC)o1. The third-order valence-electron chi connectivity index (χ3n) is 3.16. The van der Waals surface area contributed by atoms with Crippen LogP contribution >= 0.6 is 15.9 Å². The average molecular weight is 326 g/mol. The number of furan rings is 1. The van der Waals surface area contributed by atoms with Gasteiger partial charge in [-0.2, -0.15) is 0 Å². The Labute approximate surface area is 121 Å². The quantitative estimate of drug-likeness (QED) is 0.889. The molecule has 2 rings (SSSR count). The number of halogens is 2. The Bertz CT molecular complexity index is 553. The van der Waals surface area contributed by atoms with Gasteiger partial charge in [0.25, 0.3) is 0 Å². The lowest BCUT2D eigenvalue weighted by Crippen LogP contribution is -2.18. The van der Waals surface area contributed by atoms with Gasteiger partial charge >= 0.3 is 0 Å². The van der Waals surface area contributed by atoms with Crippen LogP contribution in [0, 0.1) is 5.82 Å². The monoisotopic (exact) mass is 325 g/mol. The van der Waals surface area contributed by atoms with Crippen molar-refractivity contribution >= 4 is 15.9 Å². The van der Waals surface area contributed by atoms with Crippen molar-refractivity contribution in [3.05, 3.63) is 57.7 Å². The zero-order valence-corrected chi connectivity index (χ0v) is 12.6. The number of rotatable bonds is 5. The summed E-state index contributed by atoms with van der Waals surface area (Å²) >= 11 is 3.26. The molecule has 0 saturated carbocycles. The predicted octanol–water partition coefficient (Wildman–Crippen LogP) is 4.25. The summed E-state index contributed by atoms with van der Waals surface area (Å²) in [6.45, 7) is 2.05. The predicted molar refractivity (Wildman–Crippen MR) is 77.7 cm³/mol. The van der Waals surface area contributed by atoms with Crippen molar-refractivity contribution < 1.29 is 8.81 Å². The highest BCUT2D eigenvalue weighted by molar-refractivity contribution is 9.10. The van der Waals surface area contributed by atoms with Crippen molar-refractivity contribution in [1.29, 1.82) is 0 Å². The normalized spacial score (nSPS) is 12.6. The van der Waals surface area contributed by atoms with Crippen LogP contribution in [0.4, 0.5) is 4.39 Å². The molecule has 1 unspecified atom stereocenters. The Kier molecular flexibility index (Phi) is 4.77. The van der Waals surface area contributed by atoms with E-state index in [1.54, 1.807) is 6.07 Å². The summed E-state index contributed by atoms with van der Waals surface area (Å²) in [7, 11) is 1.86. The number of hydrogen-bond acceptors (Lipinski definition) is 2. The minimum Gasteiger partial charge on any atom is -0.464 e. The minimum absolute atomic E-state index is 0.0176. The summed E-state index contributed by atoms with van der Waals surface area (Å²) in [5, 5.41) is 3.17. The van der Waals surface area contributed by atoms with Gasteiger partial charge in [0, 0.05) is 10.9 Å². The highest BCUT2D eigenvalue weighted by Crippen LogP contribution is 2.23. The Balaban J connectivity index is 2.18. The van der Waals surface area contributed by atoms with E-state index in [1.807, 2.05) is 32.2 Å². The maximum Gasteiger partial charge on any atom is 0.127 e. The second kappa shape index (κ2) is 6.35. The van der Waals surface area contributed by atoms with Crippen molar-refractivity contribution in [3.8, 4) is 0 Å². The second-order valence-corrected chi connectivity index (χ2v) is 5.35. The maximum absolute atomic E-state index is 13.8. The molecule has 1 aromatic heterocycles. The average Bonchev–Trinajstić information content (AvgIpc) is 2.86. The Hall–Kier alpha value is -1.13. The molecule has 1 N–H and O–H groups in total. The first-order valence-electron chi connectivity index (χ1n) is 6.33. The highest BCUT2D eigenvalue weighted by Gasteiger charge is 2.16. The first kappa shape index (κ1) is 14.3. The first-order valence-corrected chi connectivity index (χ1v) is 7.13. The molecule has 1 atom stereocenters. The summed E-state index contributed by atoms with van der Waals surface area (Å²) in [6, 6.07) is 9.05. The van der Waals surface area contributed by atoms with Crippen LogP contribution < -0.4 is 5.32 Å². The number of benzene rings is 1. The van der Waals surface area contributed by atoms with Gasteiger partial charge < -0.3 is 9.73 Å². The molecule has 1 heterocycles. The van der Waals surface area contributed by atoms with Gasteiger partial charge in [0.15, 0.2) is 0 Å². The fourth-order valence-corrected chi connectivity index (χ4v) is 2.36. The van der Waals surface area contributed by atoms with E-state index in [1.165, 1.54) is 6.07 Å². The molecular formula is C15H17BrFNO. The van der Waals surface area contributed by atoms with Gasteiger partial charge in [0.2, 0.25) is 0 Å². The van der Waals surface area contributed by atoms with Crippen LogP contribution in [0.5, 0.6) is 0 Å². The lowest BCUT2D eigenvalue weighted by molar-refractivity contribution is 0.404. The second-order valence-electron chi connectivity index (χ2n) is 4.44. The van der Waals surface area contributed by atoms with Crippen LogP contribution in [0.25, 0.3) is 0 Å². The van der Waals surface area contributed by atoms with Crippen LogP contribution in [0.1, 0.15) is 30.0 Å². The van der Waals surface area contributed by atoms with Gasteiger partial charge in [-0.3, -0.25) is 0 Å². The molecule has 0 aliphatic rings. The topological polar surface area (TPSA) is 25.2 Å². The molecule has 0 fully saturated rings. The Morgan fingerprint density at radius 1 is 1.32 bits per heavy atom. The highest BCUT2D eigenvalue weighted by atomic mass is 79.9. The lowest BCUT2D eigenvalue weighted by Gasteiger charge is -2.14. The van der Waals surface area contributed by atoms with Gasteiger partial charge in [-0.25, -0.2) is 4.39 Å². The van der Waals surface area contributed by atoms with Crippen molar-refractivity contribution in [1.82, 2.24) is 5.32 Å². The van der Waals surface area contributed by atoms with E-state index >= 15 is 0 Å². The van der Waals surface area contributed by atoms with E-state index < -0.39 is 0 Å². The third kappa shape index (κ3) is 3.45. The minimum atomic E-state index is -0.197. The zero-order valence-electron chi connectivity index (χ0n) is 11.0. The molecule has 2 aromatic rings. The maximum atomic E-state index is 13.8. The van der Waals surface area contributed by atoms with E-state index in [0.29, 0.717) is 12.0 Å². The van der Waals surface area contributed by atoms with Crippen LogP contribution in [0.2, 0.25) is 0 Å². The Morgan fingerprint density at radius 3 is 2.68 bits per heavy atom. The molecule has 0 aliphatic heterocycles. The smallest absolute Gasteiger partial charge is 0.127 e. The van der Waals surface area contributed by atoms with E-state index in [4.69, 9.17) is 4.42 Å². The number of hydrogen-bond donors (Lipinski definition) is 1. The molecule has 0 saturated heterocycles. The molecule has 0 radical (unpaired) electrons. The zero-order chi connectivity index (χ0) is 13.8. The van der Waals surface area contributed by atoms with Gasteiger partial charge in [-0.15, -0.1) is 0 Å². The molecule has 0 spiro atoms. The Morgan fingerprint density at radius 2 is 2.11 bits per heavy atom. The van der Waals surface area contributed by atoms with E-state index in [2.05, 4.69) is 21.2 Å². The molecule has 0 aliphatic carbocycles. The lowest BCUT2D eigenvalue weighted by atomic mass is 10.0. The van der Waals surface area contributed by atoms with Crippen LogP contribution in [0.3, 0.4) is 0 Å². The van der Waals surface area contributed by atoms with Crippen LogP contribution in [-0.4, -0.2) is 7.05 Å². The summed E-state index contributed by atoms with van der Waals surface area (Å²) in [5.41, 5.74) is 0.678. The van der Waals surface area contributed by atoms with Gasteiger partial charge in [-0.1, -0.05) is 28.9 Å². The van der Waals surface area contributed by atoms with Crippen LogP contribution in [0.15, 0.2) is 39.2 Å². The van der Waals surface area contributed by atoms with Crippen molar-refractivity contribution in [2.75, 3.05) is 7.05 Å². The molecule has 1 aromatic carbocycles. The summed E-state index contributed by atoms with van der Waals surface area (Å²) < 4.78 is 20.3. The number of nitrogens with one attached hydrogen (secondary N) is 1.